The number of nitrogens with zero attached hydrogens (tertiary/aromatic N) is 5. The number of fused-ring (bicyclic) bond motifs is 4. The van der Waals surface area contributed by atoms with E-state index in [9.17, 15) is 14.9 Å². The lowest BCUT2D eigenvalue weighted by molar-refractivity contribution is -0.384. The summed E-state index contributed by atoms with van der Waals surface area (Å²) in [6.45, 7) is 1.89. The highest BCUT2D eigenvalue weighted by atomic mass is 16.6. The number of non-ortho nitro benzene ring substituents is 1. The molecule has 36 heavy (non-hydrogen) atoms. The fraction of sp³-hybridized carbons (Fsp3) is 0.115. The molecule has 6 rings (SSSR count). The van der Waals surface area contributed by atoms with Gasteiger partial charge in [-0.25, -0.2) is 9.67 Å². The van der Waals surface area contributed by atoms with Crippen molar-refractivity contribution in [3.63, 3.8) is 0 Å². The molecule has 10 nitrogen and oxygen atoms in total. The van der Waals surface area contributed by atoms with E-state index in [-0.39, 0.29) is 17.4 Å². The molecule has 1 atom stereocenters. The van der Waals surface area contributed by atoms with E-state index in [1.54, 1.807) is 23.9 Å². The highest BCUT2D eigenvalue weighted by molar-refractivity contribution is 6.50. The molecule has 0 fully saturated rings. The van der Waals surface area contributed by atoms with Gasteiger partial charge in [-0.1, -0.05) is 24.3 Å². The second kappa shape index (κ2) is 8.05. The maximum atomic E-state index is 13.3. The van der Waals surface area contributed by atoms with Crippen LogP contribution in [0.2, 0.25) is 0 Å². The number of aromatic nitrogens is 2. The molecule has 1 N–H and O–H groups in total. The summed E-state index contributed by atoms with van der Waals surface area (Å²) in [4.78, 5) is 30.7. The summed E-state index contributed by atoms with van der Waals surface area (Å²) in [6, 6.07) is 20.9. The summed E-state index contributed by atoms with van der Waals surface area (Å²) in [5.41, 5.74) is 4.54. The summed E-state index contributed by atoms with van der Waals surface area (Å²) < 4.78 is 7.12. The number of carbonyl (C=O) groups is 1. The fourth-order valence-corrected chi connectivity index (χ4v) is 4.76. The Morgan fingerprint density at radius 2 is 1.83 bits per heavy atom. The molecule has 0 radical (unpaired) electrons. The predicted octanol–water partition coefficient (Wildman–Crippen LogP) is 4.69. The monoisotopic (exact) mass is 480 g/mol. The average molecular weight is 480 g/mol. The number of nitrogens with one attached hydrogen (secondary N) is 1. The number of amides is 1. The van der Waals surface area contributed by atoms with Crippen LogP contribution in [0.25, 0.3) is 5.69 Å². The van der Waals surface area contributed by atoms with E-state index in [0.717, 1.165) is 22.5 Å². The van der Waals surface area contributed by atoms with Crippen molar-refractivity contribution < 1.29 is 14.5 Å². The summed E-state index contributed by atoms with van der Waals surface area (Å²) in [5, 5.41) is 18.8. The number of anilines is 2. The van der Waals surface area contributed by atoms with Gasteiger partial charge < -0.3 is 15.0 Å². The van der Waals surface area contributed by atoms with Crippen LogP contribution in [0.1, 0.15) is 22.9 Å². The van der Waals surface area contributed by atoms with Crippen molar-refractivity contribution >= 4 is 34.6 Å². The van der Waals surface area contributed by atoms with E-state index in [0.29, 0.717) is 22.9 Å². The first-order valence-electron chi connectivity index (χ1n) is 11.2. The van der Waals surface area contributed by atoms with Gasteiger partial charge in [0.1, 0.15) is 5.75 Å². The molecule has 4 aromatic rings. The van der Waals surface area contributed by atoms with Crippen LogP contribution >= 0.6 is 0 Å². The first-order valence-corrected chi connectivity index (χ1v) is 11.2. The molecule has 178 valence electrons. The first kappa shape index (κ1) is 21.5. The van der Waals surface area contributed by atoms with E-state index < -0.39 is 11.0 Å². The van der Waals surface area contributed by atoms with E-state index in [2.05, 4.69) is 5.32 Å². The number of carbonyl (C=O) groups excluding carboxylic acids is 1. The molecule has 0 saturated heterocycles. The van der Waals surface area contributed by atoms with Gasteiger partial charge in [-0.2, -0.15) is 5.10 Å². The number of aryl methyl sites for hydroxylation is 1. The van der Waals surface area contributed by atoms with Crippen LogP contribution in [0.5, 0.6) is 5.75 Å². The summed E-state index contributed by atoms with van der Waals surface area (Å²) in [7, 11) is 1.61. The van der Waals surface area contributed by atoms with Crippen LogP contribution in [-0.2, 0) is 4.79 Å². The van der Waals surface area contributed by atoms with Crippen LogP contribution in [0, 0.1) is 17.0 Å². The molecule has 0 unspecified atom stereocenters. The zero-order valence-corrected chi connectivity index (χ0v) is 19.4. The predicted molar refractivity (Wildman–Crippen MR) is 134 cm³/mol. The van der Waals surface area contributed by atoms with Crippen molar-refractivity contribution in [1.82, 2.24) is 9.78 Å². The van der Waals surface area contributed by atoms with Gasteiger partial charge in [0.2, 0.25) is 5.84 Å². The lowest BCUT2D eigenvalue weighted by atomic mass is 9.93. The van der Waals surface area contributed by atoms with E-state index in [1.807, 2.05) is 60.4 Å². The van der Waals surface area contributed by atoms with Crippen LogP contribution in [-0.4, -0.2) is 33.6 Å². The summed E-state index contributed by atoms with van der Waals surface area (Å²) in [5.74, 6) is 1.08. The van der Waals surface area contributed by atoms with Gasteiger partial charge in [0.25, 0.3) is 11.6 Å². The molecule has 10 heteroatoms. The van der Waals surface area contributed by atoms with Gasteiger partial charge in [0.15, 0.2) is 5.82 Å². The van der Waals surface area contributed by atoms with Gasteiger partial charge in [0.05, 0.1) is 40.8 Å². The van der Waals surface area contributed by atoms with Gasteiger partial charge in [-0.3, -0.25) is 14.9 Å². The van der Waals surface area contributed by atoms with Gasteiger partial charge in [-0.15, -0.1) is 0 Å². The number of hydrogen-bond donors (Lipinski definition) is 1. The van der Waals surface area contributed by atoms with Gasteiger partial charge in [0, 0.05) is 17.7 Å². The number of nitro benzene ring substituents is 1. The first-order chi connectivity index (χ1) is 17.5. The van der Waals surface area contributed by atoms with Gasteiger partial charge >= 0.3 is 0 Å². The third kappa shape index (κ3) is 3.22. The minimum atomic E-state index is -0.450. The Balaban J connectivity index is 1.61. The lowest BCUT2D eigenvalue weighted by Gasteiger charge is -2.40. The Labute approximate surface area is 205 Å². The fourth-order valence-electron chi connectivity index (χ4n) is 4.76. The van der Waals surface area contributed by atoms with Crippen molar-refractivity contribution in [2.75, 3.05) is 17.3 Å². The zero-order valence-electron chi connectivity index (χ0n) is 19.4. The number of benzene rings is 3. The Morgan fingerprint density at radius 1 is 1.06 bits per heavy atom. The van der Waals surface area contributed by atoms with Crippen LogP contribution < -0.4 is 15.0 Å². The van der Waals surface area contributed by atoms with Crippen molar-refractivity contribution in [3.05, 3.63) is 99.7 Å². The van der Waals surface area contributed by atoms with Gasteiger partial charge in [-0.05, 0) is 48.9 Å². The Hall–Kier alpha value is -4.99. The molecule has 0 saturated carbocycles. The number of hydrogen-bond acceptors (Lipinski definition) is 7. The summed E-state index contributed by atoms with van der Waals surface area (Å²) in [6.07, 6.45) is 0. The van der Waals surface area contributed by atoms with E-state index >= 15 is 0 Å². The Kier molecular flexibility index (Phi) is 4.82. The maximum Gasteiger partial charge on any atom is 0.291 e. The molecule has 1 amide bonds. The molecule has 0 spiro atoms. The normalized spacial score (nSPS) is 15.8. The van der Waals surface area contributed by atoms with Crippen LogP contribution in [0.4, 0.5) is 22.9 Å². The molecule has 3 aromatic carbocycles. The van der Waals surface area contributed by atoms with Crippen LogP contribution in [0.3, 0.4) is 0 Å². The Bertz CT molecular complexity index is 1570. The topological polar surface area (TPSA) is 115 Å². The quantitative estimate of drug-likeness (QED) is 0.335. The molecular formula is C26H20N6O4. The van der Waals surface area contributed by atoms with Crippen molar-refractivity contribution in [3.8, 4) is 11.4 Å². The van der Waals surface area contributed by atoms with Crippen LogP contribution in [0.15, 0.2) is 77.8 Å². The second-order valence-electron chi connectivity index (χ2n) is 8.46. The second-order valence-corrected chi connectivity index (χ2v) is 8.46. The smallest absolute Gasteiger partial charge is 0.291 e. The highest BCUT2D eigenvalue weighted by Crippen LogP contribution is 2.47. The molecule has 0 aliphatic carbocycles. The summed E-state index contributed by atoms with van der Waals surface area (Å²) >= 11 is 0. The third-order valence-corrected chi connectivity index (χ3v) is 6.38. The molecule has 2 aliphatic heterocycles. The largest absolute Gasteiger partial charge is 0.497 e. The third-order valence-electron chi connectivity index (χ3n) is 6.38. The zero-order chi connectivity index (χ0) is 25.0. The van der Waals surface area contributed by atoms with E-state index in [1.165, 1.54) is 12.1 Å². The van der Waals surface area contributed by atoms with Crippen molar-refractivity contribution in [2.45, 2.75) is 13.0 Å². The number of aliphatic imine (C=N–C) groups is 1. The maximum absolute atomic E-state index is 13.3. The number of rotatable bonds is 4. The average Bonchev–Trinajstić information content (AvgIpc) is 3.23. The lowest BCUT2D eigenvalue weighted by Crippen LogP contribution is -2.48. The number of methoxy groups -OCH3 is 1. The standard InChI is InChI=1S/C26H20N6O4/c1-15-22-23(16-6-5-7-19(14-16)36-2)30-21-9-4-3-8-20(21)27-26(33)25(30)28-24(22)31(29-15)17-10-12-18(13-11-17)32(34)35/h3-14,23H,1-2H3,(H,27,33)/t23-/m0/s1. The SMILES string of the molecule is COc1cccc([C@H]2c3c(C)nn(-c4ccc([N+](=O)[O-])cc4)c3N=C3C(=O)Nc4ccccc4N32)c1. The number of ether oxygens (including phenoxy) is 1. The number of para-hydroxylation sites is 2. The molecule has 1 aromatic heterocycles. The number of nitro groups is 1. The van der Waals surface area contributed by atoms with E-state index in [4.69, 9.17) is 14.8 Å². The Morgan fingerprint density at radius 3 is 2.58 bits per heavy atom. The highest BCUT2D eigenvalue weighted by Gasteiger charge is 2.42. The van der Waals surface area contributed by atoms with Crippen molar-refractivity contribution in [1.29, 1.82) is 0 Å². The number of amidine groups is 1. The van der Waals surface area contributed by atoms with Crippen molar-refractivity contribution in [2.24, 2.45) is 4.99 Å². The minimum absolute atomic E-state index is 0.0218. The molecule has 0 bridgehead atoms. The minimum Gasteiger partial charge on any atom is -0.497 e. The molecule has 2 aliphatic rings. The molecule has 3 heterocycles. The molecular weight excluding hydrogens is 460 g/mol.